The molecule has 108 valence electrons. The maximum absolute atomic E-state index is 11.6. The molecule has 2 amide bonds. The van der Waals surface area contributed by atoms with Gasteiger partial charge in [0.05, 0.1) is 17.8 Å². The number of hydrogen-bond donors (Lipinski definition) is 2. The Hall–Kier alpha value is -1.69. The Balaban J connectivity index is 1.53. The molecular weight excluding hydrogens is 256 g/mol. The average molecular weight is 276 g/mol. The molecule has 1 aromatic heterocycles. The molecular formula is C14H20N4O2. The van der Waals surface area contributed by atoms with Gasteiger partial charge in [-0.1, -0.05) is 12.8 Å². The minimum atomic E-state index is -0.288. The summed E-state index contributed by atoms with van der Waals surface area (Å²) in [5.41, 5.74) is 0.946. The molecule has 1 aliphatic carbocycles. The highest BCUT2D eigenvalue weighted by Crippen LogP contribution is 2.28. The lowest BCUT2D eigenvalue weighted by Gasteiger charge is -2.21. The summed E-state index contributed by atoms with van der Waals surface area (Å²) < 4.78 is 2.05. The Kier molecular flexibility index (Phi) is 3.82. The first kappa shape index (κ1) is 13.3. The monoisotopic (exact) mass is 276 g/mol. The normalized spacial score (nSPS) is 24.1. The lowest BCUT2D eigenvalue weighted by Crippen LogP contribution is -2.50. The molecule has 1 aliphatic heterocycles. The van der Waals surface area contributed by atoms with E-state index in [9.17, 15) is 9.59 Å². The van der Waals surface area contributed by atoms with E-state index in [2.05, 4.69) is 20.4 Å². The second-order valence-corrected chi connectivity index (χ2v) is 5.61. The van der Waals surface area contributed by atoms with E-state index in [1.165, 1.54) is 25.7 Å². The molecule has 3 rings (SSSR count). The summed E-state index contributed by atoms with van der Waals surface area (Å²) in [6.07, 6.45) is 7.98. The highest BCUT2D eigenvalue weighted by atomic mass is 16.2. The Bertz CT molecular complexity index is 505. The number of aromatic nitrogens is 2. The summed E-state index contributed by atoms with van der Waals surface area (Å²) in [5.74, 6) is -0.407. The third-order valence-corrected chi connectivity index (χ3v) is 4.13. The van der Waals surface area contributed by atoms with Crippen molar-refractivity contribution in [3.63, 3.8) is 0 Å². The van der Waals surface area contributed by atoms with Crippen LogP contribution in [-0.2, 0) is 16.1 Å². The number of rotatable bonds is 4. The average Bonchev–Trinajstić information content (AvgIpc) is 3.08. The van der Waals surface area contributed by atoms with Gasteiger partial charge in [0.25, 0.3) is 0 Å². The molecule has 2 heterocycles. The number of carbonyl (C=O) groups is 2. The van der Waals surface area contributed by atoms with Gasteiger partial charge in [-0.2, -0.15) is 5.10 Å². The summed E-state index contributed by atoms with van der Waals surface area (Å²) in [7, 11) is 0. The smallest absolute Gasteiger partial charge is 0.243 e. The van der Waals surface area contributed by atoms with E-state index in [4.69, 9.17) is 0 Å². The van der Waals surface area contributed by atoms with Gasteiger partial charge in [0.2, 0.25) is 11.8 Å². The van der Waals surface area contributed by atoms with Crippen molar-refractivity contribution in [2.45, 2.75) is 57.2 Å². The van der Waals surface area contributed by atoms with Crippen molar-refractivity contribution in [1.29, 1.82) is 0 Å². The van der Waals surface area contributed by atoms with Gasteiger partial charge in [-0.25, -0.2) is 0 Å². The van der Waals surface area contributed by atoms with E-state index in [1.807, 2.05) is 12.3 Å². The lowest BCUT2D eigenvalue weighted by atomic mass is 10.1. The quantitative estimate of drug-likeness (QED) is 0.801. The van der Waals surface area contributed by atoms with E-state index in [0.29, 0.717) is 25.4 Å². The zero-order valence-corrected chi connectivity index (χ0v) is 11.5. The zero-order valence-electron chi connectivity index (χ0n) is 11.5. The summed E-state index contributed by atoms with van der Waals surface area (Å²) in [6, 6.07) is 2.25. The van der Waals surface area contributed by atoms with Crippen LogP contribution in [0.15, 0.2) is 12.3 Å². The number of carbonyl (C=O) groups excluding carboxylic acids is 2. The van der Waals surface area contributed by atoms with Gasteiger partial charge in [-0.15, -0.1) is 0 Å². The zero-order chi connectivity index (χ0) is 13.9. The van der Waals surface area contributed by atoms with Gasteiger partial charge in [0.1, 0.15) is 0 Å². The molecule has 1 unspecified atom stereocenters. The molecule has 1 atom stereocenters. The van der Waals surface area contributed by atoms with Crippen LogP contribution >= 0.6 is 0 Å². The van der Waals surface area contributed by atoms with E-state index in [0.717, 1.165) is 5.69 Å². The van der Waals surface area contributed by atoms with E-state index < -0.39 is 0 Å². The molecule has 0 bridgehead atoms. The van der Waals surface area contributed by atoms with Gasteiger partial charge in [-0.3, -0.25) is 19.6 Å². The van der Waals surface area contributed by atoms with E-state index >= 15 is 0 Å². The highest BCUT2D eigenvalue weighted by molar-refractivity contribution is 6.00. The highest BCUT2D eigenvalue weighted by Gasteiger charge is 2.26. The van der Waals surface area contributed by atoms with Crippen LogP contribution in [0.1, 0.15) is 50.3 Å². The molecule has 2 aliphatic rings. The Morgan fingerprint density at radius 2 is 2.10 bits per heavy atom. The van der Waals surface area contributed by atoms with Crippen LogP contribution in [0.5, 0.6) is 0 Å². The van der Waals surface area contributed by atoms with Crippen LogP contribution in [-0.4, -0.2) is 27.6 Å². The first-order chi connectivity index (χ1) is 9.72. The summed E-state index contributed by atoms with van der Waals surface area (Å²) in [6.45, 7) is 0.562. The summed E-state index contributed by atoms with van der Waals surface area (Å²) in [5, 5.41) is 10.1. The van der Waals surface area contributed by atoms with Gasteiger partial charge >= 0.3 is 0 Å². The third kappa shape index (κ3) is 2.90. The second kappa shape index (κ2) is 5.75. The molecule has 6 nitrogen and oxygen atoms in total. The molecule has 2 fully saturated rings. The lowest BCUT2D eigenvalue weighted by molar-refractivity contribution is -0.134. The van der Waals surface area contributed by atoms with Gasteiger partial charge in [-0.05, 0) is 25.3 Å². The SMILES string of the molecule is O=C1CCC(NCc2ccn(C3CCCC3)n2)C(=O)N1. The van der Waals surface area contributed by atoms with Crippen molar-refractivity contribution < 1.29 is 9.59 Å². The third-order valence-electron chi connectivity index (χ3n) is 4.13. The summed E-state index contributed by atoms with van der Waals surface area (Å²) in [4.78, 5) is 22.7. The number of nitrogens with zero attached hydrogens (tertiary/aromatic N) is 2. The first-order valence-electron chi connectivity index (χ1n) is 7.33. The maximum atomic E-state index is 11.6. The number of hydrogen-bond acceptors (Lipinski definition) is 4. The van der Waals surface area contributed by atoms with Crippen molar-refractivity contribution in [2.75, 3.05) is 0 Å². The van der Waals surface area contributed by atoms with Crippen LogP contribution in [0, 0.1) is 0 Å². The minimum Gasteiger partial charge on any atom is -0.300 e. The van der Waals surface area contributed by atoms with Crippen LogP contribution in [0.25, 0.3) is 0 Å². The van der Waals surface area contributed by atoms with Gasteiger partial charge < -0.3 is 5.32 Å². The maximum Gasteiger partial charge on any atom is 0.243 e. The fourth-order valence-electron chi connectivity index (χ4n) is 2.96. The molecule has 1 saturated heterocycles. The molecule has 0 radical (unpaired) electrons. The Morgan fingerprint density at radius 1 is 1.30 bits per heavy atom. The topological polar surface area (TPSA) is 76.0 Å². The predicted molar refractivity (Wildman–Crippen MR) is 72.7 cm³/mol. The number of nitrogens with one attached hydrogen (secondary N) is 2. The van der Waals surface area contributed by atoms with Crippen molar-refractivity contribution in [3.05, 3.63) is 18.0 Å². The number of imide groups is 1. The van der Waals surface area contributed by atoms with Gasteiger partial charge in [0.15, 0.2) is 0 Å². The largest absolute Gasteiger partial charge is 0.300 e. The Labute approximate surface area is 117 Å². The minimum absolute atomic E-state index is 0.182. The molecule has 2 N–H and O–H groups in total. The predicted octanol–water partition coefficient (Wildman–Crippen LogP) is 0.893. The standard InChI is InChI=1S/C14H20N4O2/c19-13-6-5-12(14(20)16-13)15-9-10-7-8-18(17-10)11-3-1-2-4-11/h7-8,11-12,15H,1-6,9H2,(H,16,19,20). The van der Waals surface area contributed by atoms with Crippen molar-refractivity contribution in [1.82, 2.24) is 20.4 Å². The van der Waals surface area contributed by atoms with E-state index in [1.54, 1.807) is 0 Å². The van der Waals surface area contributed by atoms with Crippen molar-refractivity contribution >= 4 is 11.8 Å². The molecule has 0 spiro atoms. The molecule has 1 saturated carbocycles. The number of amides is 2. The van der Waals surface area contributed by atoms with Crippen LogP contribution in [0.2, 0.25) is 0 Å². The van der Waals surface area contributed by atoms with Crippen LogP contribution < -0.4 is 10.6 Å². The molecule has 6 heteroatoms. The van der Waals surface area contributed by atoms with Gasteiger partial charge in [0, 0.05) is 19.2 Å². The molecule has 1 aromatic rings. The summed E-state index contributed by atoms with van der Waals surface area (Å²) >= 11 is 0. The second-order valence-electron chi connectivity index (χ2n) is 5.61. The van der Waals surface area contributed by atoms with Crippen molar-refractivity contribution in [3.8, 4) is 0 Å². The Morgan fingerprint density at radius 3 is 2.85 bits per heavy atom. The fourth-order valence-corrected chi connectivity index (χ4v) is 2.96. The van der Waals surface area contributed by atoms with E-state index in [-0.39, 0.29) is 17.9 Å². The first-order valence-corrected chi connectivity index (χ1v) is 7.33. The van der Waals surface area contributed by atoms with Crippen LogP contribution in [0.4, 0.5) is 0 Å². The fraction of sp³-hybridized carbons (Fsp3) is 0.643. The van der Waals surface area contributed by atoms with Crippen LogP contribution in [0.3, 0.4) is 0 Å². The number of piperidine rings is 1. The molecule has 20 heavy (non-hydrogen) atoms. The molecule has 0 aromatic carbocycles. The van der Waals surface area contributed by atoms with Crippen molar-refractivity contribution in [2.24, 2.45) is 0 Å².